The molecule has 134 valence electrons. The average molecular weight is 344 g/mol. The molecule has 1 aliphatic heterocycles. The van der Waals surface area contributed by atoms with Crippen LogP contribution in [0.15, 0.2) is 29.3 Å². The third-order valence-corrected chi connectivity index (χ3v) is 4.49. The number of amides is 1. The lowest BCUT2D eigenvalue weighted by Crippen LogP contribution is -2.41. The molecule has 3 rings (SSSR count). The SMILES string of the molecule is Cc1cccc2c(=O)n(CCC(=O)NCCN3CCOCC3)cnc12. The van der Waals surface area contributed by atoms with Crippen LogP contribution in [0.5, 0.6) is 0 Å². The highest BCUT2D eigenvalue weighted by Gasteiger charge is 2.11. The van der Waals surface area contributed by atoms with Gasteiger partial charge in [0.05, 0.1) is 30.4 Å². The number of para-hydroxylation sites is 1. The van der Waals surface area contributed by atoms with Crippen molar-refractivity contribution < 1.29 is 9.53 Å². The number of hydrogen-bond donors (Lipinski definition) is 1. The Kier molecular flexibility index (Phi) is 5.78. The zero-order valence-electron chi connectivity index (χ0n) is 14.5. The van der Waals surface area contributed by atoms with Crippen molar-refractivity contribution in [3.8, 4) is 0 Å². The predicted octanol–water partition coefficient (Wildman–Crippen LogP) is 0.543. The highest BCUT2D eigenvalue weighted by Crippen LogP contribution is 2.11. The lowest BCUT2D eigenvalue weighted by Gasteiger charge is -2.26. The summed E-state index contributed by atoms with van der Waals surface area (Å²) in [7, 11) is 0. The minimum Gasteiger partial charge on any atom is -0.379 e. The van der Waals surface area contributed by atoms with E-state index < -0.39 is 0 Å². The second-order valence-electron chi connectivity index (χ2n) is 6.27. The van der Waals surface area contributed by atoms with Crippen LogP contribution >= 0.6 is 0 Å². The van der Waals surface area contributed by atoms with Gasteiger partial charge in [0, 0.05) is 39.1 Å². The Morgan fingerprint density at radius 3 is 2.88 bits per heavy atom. The first kappa shape index (κ1) is 17.6. The third-order valence-electron chi connectivity index (χ3n) is 4.49. The van der Waals surface area contributed by atoms with E-state index in [1.807, 2.05) is 19.1 Å². The number of hydrogen-bond acceptors (Lipinski definition) is 5. The molecule has 0 unspecified atom stereocenters. The quantitative estimate of drug-likeness (QED) is 0.828. The third kappa shape index (κ3) is 4.43. The number of carbonyl (C=O) groups excluding carboxylic acids is 1. The fourth-order valence-electron chi connectivity index (χ4n) is 2.99. The van der Waals surface area contributed by atoms with Crippen LogP contribution in [0.25, 0.3) is 10.9 Å². The number of fused-ring (bicyclic) bond motifs is 1. The van der Waals surface area contributed by atoms with Gasteiger partial charge < -0.3 is 10.1 Å². The molecule has 0 radical (unpaired) electrons. The van der Waals surface area contributed by atoms with Crippen molar-refractivity contribution >= 4 is 16.8 Å². The lowest BCUT2D eigenvalue weighted by atomic mass is 10.1. The van der Waals surface area contributed by atoms with Gasteiger partial charge in [-0.1, -0.05) is 12.1 Å². The summed E-state index contributed by atoms with van der Waals surface area (Å²) in [6.07, 6.45) is 1.79. The lowest BCUT2D eigenvalue weighted by molar-refractivity contribution is -0.121. The van der Waals surface area contributed by atoms with Crippen molar-refractivity contribution in [2.75, 3.05) is 39.4 Å². The minimum atomic E-state index is -0.102. The average Bonchev–Trinajstić information content (AvgIpc) is 2.63. The molecule has 0 saturated carbocycles. The highest BCUT2D eigenvalue weighted by molar-refractivity contribution is 5.80. The van der Waals surface area contributed by atoms with E-state index in [1.54, 1.807) is 6.07 Å². The highest BCUT2D eigenvalue weighted by atomic mass is 16.5. The van der Waals surface area contributed by atoms with Crippen LogP contribution < -0.4 is 10.9 Å². The molecule has 2 aromatic rings. The monoisotopic (exact) mass is 344 g/mol. The predicted molar refractivity (Wildman–Crippen MR) is 95.6 cm³/mol. The van der Waals surface area contributed by atoms with Gasteiger partial charge in [-0.3, -0.25) is 19.1 Å². The molecule has 0 aliphatic carbocycles. The van der Waals surface area contributed by atoms with Gasteiger partial charge in [-0.25, -0.2) is 4.98 Å². The summed E-state index contributed by atoms with van der Waals surface area (Å²) >= 11 is 0. The van der Waals surface area contributed by atoms with Crippen LogP contribution in [0.2, 0.25) is 0 Å². The molecule has 1 aliphatic rings. The maximum atomic E-state index is 12.5. The number of nitrogens with one attached hydrogen (secondary N) is 1. The van der Waals surface area contributed by atoms with Gasteiger partial charge >= 0.3 is 0 Å². The Balaban J connectivity index is 1.51. The standard InChI is InChI=1S/C18H24N4O3/c1-14-3-2-4-15-17(14)20-13-22(18(15)24)7-5-16(23)19-6-8-21-9-11-25-12-10-21/h2-4,13H,5-12H2,1H3,(H,19,23). The summed E-state index contributed by atoms with van der Waals surface area (Å²) in [6.45, 7) is 7.03. The van der Waals surface area contributed by atoms with E-state index in [2.05, 4.69) is 15.2 Å². The molecule has 0 atom stereocenters. The van der Waals surface area contributed by atoms with Crippen molar-refractivity contribution in [3.05, 3.63) is 40.4 Å². The molecule has 1 N–H and O–H groups in total. The van der Waals surface area contributed by atoms with Crippen molar-refractivity contribution in [1.29, 1.82) is 0 Å². The van der Waals surface area contributed by atoms with E-state index >= 15 is 0 Å². The summed E-state index contributed by atoms with van der Waals surface area (Å²) < 4.78 is 6.80. The van der Waals surface area contributed by atoms with Gasteiger partial charge in [0.2, 0.25) is 5.91 Å². The first-order valence-electron chi connectivity index (χ1n) is 8.67. The maximum absolute atomic E-state index is 12.5. The van der Waals surface area contributed by atoms with Crippen LogP contribution in [-0.4, -0.2) is 59.8 Å². The van der Waals surface area contributed by atoms with Crippen molar-refractivity contribution in [1.82, 2.24) is 19.8 Å². The number of aryl methyl sites for hydroxylation is 2. The molecule has 1 saturated heterocycles. The Bertz CT molecular complexity index is 796. The molecule has 1 fully saturated rings. The van der Waals surface area contributed by atoms with Crippen molar-refractivity contribution in [2.24, 2.45) is 0 Å². The van der Waals surface area contributed by atoms with Gasteiger partial charge in [-0.2, -0.15) is 0 Å². The largest absolute Gasteiger partial charge is 0.379 e. The van der Waals surface area contributed by atoms with Crippen LogP contribution in [0.3, 0.4) is 0 Å². The normalized spacial score (nSPS) is 15.4. The molecule has 1 amide bonds. The molecule has 0 spiro atoms. The van der Waals surface area contributed by atoms with E-state index in [0.717, 1.165) is 43.9 Å². The number of carbonyl (C=O) groups is 1. The van der Waals surface area contributed by atoms with Gasteiger partial charge in [0.15, 0.2) is 0 Å². The number of ether oxygens (including phenoxy) is 1. The molecular weight excluding hydrogens is 320 g/mol. The second kappa shape index (κ2) is 8.22. The fourth-order valence-corrected chi connectivity index (χ4v) is 2.99. The summed E-state index contributed by atoms with van der Waals surface area (Å²) in [4.78, 5) is 31.1. The topological polar surface area (TPSA) is 76.5 Å². The van der Waals surface area contributed by atoms with E-state index in [1.165, 1.54) is 10.9 Å². The van der Waals surface area contributed by atoms with Crippen LogP contribution in [0.1, 0.15) is 12.0 Å². The minimum absolute atomic E-state index is 0.0514. The zero-order chi connectivity index (χ0) is 17.6. The first-order valence-corrected chi connectivity index (χ1v) is 8.67. The van der Waals surface area contributed by atoms with Crippen molar-refractivity contribution in [3.63, 3.8) is 0 Å². The van der Waals surface area contributed by atoms with Crippen LogP contribution in [-0.2, 0) is 16.1 Å². The Morgan fingerprint density at radius 1 is 1.28 bits per heavy atom. The van der Waals surface area contributed by atoms with Crippen LogP contribution in [0, 0.1) is 6.92 Å². The smallest absolute Gasteiger partial charge is 0.261 e. The molecule has 2 heterocycles. The molecule has 1 aromatic carbocycles. The summed E-state index contributed by atoms with van der Waals surface area (Å²) in [6, 6.07) is 5.56. The van der Waals surface area contributed by atoms with Gasteiger partial charge in [-0.15, -0.1) is 0 Å². The molecule has 25 heavy (non-hydrogen) atoms. The number of rotatable bonds is 6. The van der Waals surface area contributed by atoms with Crippen molar-refractivity contribution in [2.45, 2.75) is 19.9 Å². The Hall–Kier alpha value is -2.25. The van der Waals surface area contributed by atoms with Gasteiger partial charge in [0.25, 0.3) is 5.56 Å². The number of morpholine rings is 1. The fraction of sp³-hybridized carbons (Fsp3) is 0.500. The number of nitrogens with zero attached hydrogens (tertiary/aromatic N) is 3. The first-order chi connectivity index (χ1) is 12.1. The molecule has 7 heteroatoms. The Labute approximate surface area is 146 Å². The summed E-state index contributed by atoms with van der Waals surface area (Å²) in [5.41, 5.74) is 1.59. The van der Waals surface area contributed by atoms with E-state index in [0.29, 0.717) is 18.5 Å². The zero-order valence-corrected chi connectivity index (χ0v) is 14.5. The molecular formula is C18H24N4O3. The van der Waals surface area contributed by atoms with Gasteiger partial charge in [-0.05, 0) is 18.6 Å². The van der Waals surface area contributed by atoms with Crippen LogP contribution in [0.4, 0.5) is 0 Å². The van der Waals surface area contributed by atoms with E-state index in [4.69, 9.17) is 4.74 Å². The second-order valence-corrected chi connectivity index (χ2v) is 6.27. The molecule has 7 nitrogen and oxygen atoms in total. The van der Waals surface area contributed by atoms with Gasteiger partial charge in [0.1, 0.15) is 0 Å². The maximum Gasteiger partial charge on any atom is 0.261 e. The number of aromatic nitrogens is 2. The Morgan fingerprint density at radius 2 is 2.08 bits per heavy atom. The summed E-state index contributed by atoms with van der Waals surface area (Å²) in [5, 5.41) is 3.50. The van der Waals surface area contributed by atoms with E-state index in [9.17, 15) is 9.59 Å². The molecule has 0 bridgehead atoms. The molecule has 1 aromatic heterocycles. The summed E-state index contributed by atoms with van der Waals surface area (Å²) in [5.74, 6) is -0.0514. The number of benzene rings is 1. The van der Waals surface area contributed by atoms with E-state index in [-0.39, 0.29) is 17.9 Å².